The number of nitrogens with zero attached hydrogens (tertiary/aromatic N) is 3. The molecule has 158 valence electrons. The molecule has 0 saturated carbocycles. The molecular formula is C25H19BrN4O2. The maximum absolute atomic E-state index is 12.4. The van der Waals surface area contributed by atoms with Crippen LogP contribution < -0.4 is 10.1 Å². The molecule has 0 spiro atoms. The van der Waals surface area contributed by atoms with Crippen LogP contribution in [0.2, 0.25) is 0 Å². The highest BCUT2D eigenvalue weighted by atomic mass is 79.9. The number of fused-ring (bicyclic) bond motifs is 1. The number of aromatic nitrogens is 3. The Hall–Kier alpha value is -3.71. The lowest BCUT2D eigenvalue weighted by atomic mass is 10.0. The number of anilines is 1. The van der Waals surface area contributed by atoms with Crippen LogP contribution in [0.15, 0.2) is 83.5 Å². The van der Waals surface area contributed by atoms with Crippen LogP contribution in [0.1, 0.15) is 22.4 Å². The van der Waals surface area contributed by atoms with Crippen molar-refractivity contribution < 1.29 is 9.53 Å². The van der Waals surface area contributed by atoms with Gasteiger partial charge in [0.25, 0.3) is 5.91 Å². The first-order valence-corrected chi connectivity index (χ1v) is 10.9. The van der Waals surface area contributed by atoms with E-state index in [-0.39, 0.29) is 5.91 Å². The predicted molar refractivity (Wildman–Crippen MR) is 127 cm³/mol. The second kappa shape index (κ2) is 8.80. The molecule has 0 bridgehead atoms. The van der Waals surface area contributed by atoms with Crippen molar-refractivity contribution in [3.8, 4) is 5.75 Å². The van der Waals surface area contributed by atoms with E-state index in [1.54, 1.807) is 4.68 Å². The van der Waals surface area contributed by atoms with E-state index in [0.717, 1.165) is 32.5 Å². The van der Waals surface area contributed by atoms with E-state index in [9.17, 15) is 4.79 Å². The highest BCUT2D eigenvalue weighted by Crippen LogP contribution is 2.35. The Bertz CT molecular complexity index is 1310. The molecule has 0 radical (unpaired) electrons. The molecular weight excluding hydrogens is 468 g/mol. The first-order valence-electron chi connectivity index (χ1n) is 10.1. The molecule has 1 aliphatic rings. The molecule has 0 saturated heterocycles. The van der Waals surface area contributed by atoms with E-state index in [4.69, 9.17) is 4.74 Å². The van der Waals surface area contributed by atoms with Crippen LogP contribution in [-0.4, -0.2) is 20.9 Å². The lowest BCUT2D eigenvalue weighted by Crippen LogP contribution is -2.03. The summed E-state index contributed by atoms with van der Waals surface area (Å²) in [5.41, 5.74) is 5.12. The van der Waals surface area contributed by atoms with Gasteiger partial charge in [-0.25, -0.2) is 4.68 Å². The molecule has 1 amide bonds. The zero-order valence-electron chi connectivity index (χ0n) is 17.0. The molecule has 1 aliphatic heterocycles. The van der Waals surface area contributed by atoms with Crippen molar-refractivity contribution >= 4 is 39.2 Å². The molecule has 6 nitrogen and oxygen atoms in total. The van der Waals surface area contributed by atoms with Crippen LogP contribution in [-0.2, 0) is 17.9 Å². The minimum absolute atomic E-state index is 0.112. The van der Waals surface area contributed by atoms with E-state index < -0.39 is 0 Å². The number of hydrogen-bond donors (Lipinski definition) is 1. The van der Waals surface area contributed by atoms with Crippen LogP contribution in [0.25, 0.3) is 11.6 Å². The summed E-state index contributed by atoms with van der Waals surface area (Å²) in [6.45, 7) is 0.974. The van der Waals surface area contributed by atoms with Gasteiger partial charge in [0.15, 0.2) is 0 Å². The van der Waals surface area contributed by atoms with E-state index >= 15 is 0 Å². The molecule has 1 aromatic heterocycles. The Morgan fingerprint density at radius 3 is 2.78 bits per heavy atom. The van der Waals surface area contributed by atoms with Crippen molar-refractivity contribution in [1.82, 2.24) is 15.0 Å². The molecule has 0 fully saturated rings. The summed E-state index contributed by atoms with van der Waals surface area (Å²) in [5, 5.41) is 11.3. The SMILES string of the molecule is O=C1Nc2ccc(Br)cc2/C1=C/c1cccc(OCc2cn(Cc3ccccc3)nn2)c1. The summed E-state index contributed by atoms with van der Waals surface area (Å²) in [4.78, 5) is 12.4. The Morgan fingerprint density at radius 1 is 1.03 bits per heavy atom. The number of benzene rings is 3. The minimum atomic E-state index is -0.112. The van der Waals surface area contributed by atoms with Crippen LogP contribution in [0.5, 0.6) is 5.75 Å². The van der Waals surface area contributed by atoms with Gasteiger partial charge < -0.3 is 10.1 Å². The maximum atomic E-state index is 12.4. The first kappa shape index (κ1) is 20.2. The molecule has 2 heterocycles. The molecule has 0 unspecified atom stereocenters. The van der Waals surface area contributed by atoms with Gasteiger partial charge in [-0.3, -0.25) is 4.79 Å². The molecule has 0 atom stereocenters. The smallest absolute Gasteiger partial charge is 0.256 e. The minimum Gasteiger partial charge on any atom is -0.487 e. The molecule has 3 aromatic carbocycles. The van der Waals surface area contributed by atoms with Gasteiger partial charge in [0.1, 0.15) is 18.1 Å². The zero-order valence-corrected chi connectivity index (χ0v) is 18.6. The summed E-state index contributed by atoms with van der Waals surface area (Å²) in [5.74, 6) is 0.587. The largest absolute Gasteiger partial charge is 0.487 e. The molecule has 5 rings (SSSR count). The Kier molecular flexibility index (Phi) is 5.56. The number of carbonyl (C=O) groups is 1. The highest BCUT2D eigenvalue weighted by Gasteiger charge is 2.24. The lowest BCUT2D eigenvalue weighted by molar-refractivity contribution is -0.110. The summed E-state index contributed by atoms with van der Waals surface area (Å²) in [6, 6.07) is 23.5. The van der Waals surface area contributed by atoms with Crippen LogP contribution in [0.3, 0.4) is 0 Å². The molecule has 7 heteroatoms. The van der Waals surface area contributed by atoms with Gasteiger partial charge in [-0.1, -0.05) is 63.6 Å². The normalized spacial score (nSPS) is 13.8. The molecule has 1 N–H and O–H groups in total. The van der Waals surface area contributed by atoms with Gasteiger partial charge in [-0.2, -0.15) is 0 Å². The lowest BCUT2D eigenvalue weighted by Gasteiger charge is -2.05. The second-order valence-corrected chi connectivity index (χ2v) is 8.37. The van der Waals surface area contributed by atoms with Crippen molar-refractivity contribution in [2.75, 3.05) is 5.32 Å². The second-order valence-electron chi connectivity index (χ2n) is 7.46. The van der Waals surface area contributed by atoms with Gasteiger partial charge >= 0.3 is 0 Å². The maximum Gasteiger partial charge on any atom is 0.256 e. The average molecular weight is 487 g/mol. The number of ether oxygens (including phenoxy) is 1. The number of nitrogens with one attached hydrogen (secondary N) is 1. The third kappa shape index (κ3) is 4.48. The fourth-order valence-corrected chi connectivity index (χ4v) is 3.94. The van der Waals surface area contributed by atoms with Gasteiger partial charge in [0, 0.05) is 21.3 Å². The Labute approximate surface area is 193 Å². The van der Waals surface area contributed by atoms with Crippen molar-refractivity contribution in [2.45, 2.75) is 13.2 Å². The van der Waals surface area contributed by atoms with Gasteiger partial charge in [-0.15, -0.1) is 5.10 Å². The summed E-state index contributed by atoms with van der Waals surface area (Å²) >= 11 is 3.47. The van der Waals surface area contributed by atoms with Crippen LogP contribution in [0, 0.1) is 0 Å². The molecule has 0 aliphatic carbocycles. The van der Waals surface area contributed by atoms with Gasteiger partial charge in [-0.05, 0) is 47.5 Å². The summed E-state index contributed by atoms with van der Waals surface area (Å²) < 4.78 is 8.64. The van der Waals surface area contributed by atoms with E-state index in [1.165, 1.54) is 0 Å². The zero-order chi connectivity index (χ0) is 21.9. The predicted octanol–water partition coefficient (Wildman–Crippen LogP) is 5.16. The van der Waals surface area contributed by atoms with E-state index in [2.05, 4.69) is 43.7 Å². The monoisotopic (exact) mass is 486 g/mol. The van der Waals surface area contributed by atoms with Crippen molar-refractivity contribution in [3.05, 3.63) is 106 Å². The molecule has 4 aromatic rings. The number of hydrogen-bond acceptors (Lipinski definition) is 4. The molecule has 32 heavy (non-hydrogen) atoms. The first-order chi connectivity index (χ1) is 15.6. The van der Waals surface area contributed by atoms with E-state index in [1.807, 2.05) is 72.9 Å². The standard InChI is InChI=1S/C25H19BrN4O2/c26-19-9-10-24-22(13-19)23(25(31)27-24)12-18-7-4-8-21(11-18)32-16-20-15-30(29-28-20)14-17-5-2-1-3-6-17/h1-13,15H,14,16H2,(H,27,31)/b23-12-. The van der Waals surface area contributed by atoms with Gasteiger partial charge in [0.05, 0.1) is 12.7 Å². The third-order valence-electron chi connectivity index (χ3n) is 5.09. The fraction of sp³-hybridized carbons (Fsp3) is 0.0800. The van der Waals surface area contributed by atoms with Crippen LogP contribution >= 0.6 is 15.9 Å². The summed E-state index contributed by atoms with van der Waals surface area (Å²) in [6.07, 6.45) is 3.76. The number of rotatable bonds is 6. The quantitative estimate of drug-likeness (QED) is 0.382. The fourth-order valence-electron chi connectivity index (χ4n) is 3.57. The number of amides is 1. The average Bonchev–Trinajstić information content (AvgIpc) is 3.37. The van der Waals surface area contributed by atoms with E-state index in [0.29, 0.717) is 24.5 Å². The number of halogens is 1. The highest BCUT2D eigenvalue weighted by molar-refractivity contribution is 9.10. The third-order valence-corrected chi connectivity index (χ3v) is 5.59. The Balaban J connectivity index is 1.28. The topological polar surface area (TPSA) is 69.0 Å². The van der Waals surface area contributed by atoms with Crippen molar-refractivity contribution in [2.24, 2.45) is 0 Å². The summed E-state index contributed by atoms with van der Waals surface area (Å²) in [7, 11) is 0. The van der Waals surface area contributed by atoms with Crippen molar-refractivity contribution in [3.63, 3.8) is 0 Å². The van der Waals surface area contributed by atoms with Crippen LogP contribution in [0.4, 0.5) is 5.69 Å². The Morgan fingerprint density at radius 2 is 1.91 bits per heavy atom. The van der Waals surface area contributed by atoms with Crippen molar-refractivity contribution in [1.29, 1.82) is 0 Å². The van der Waals surface area contributed by atoms with Gasteiger partial charge in [0.2, 0.25) is 0 Å². The number of carbonyl (C=O) groups excluding carboxylic acids is 1.